The number of nitrogens with one attached hydrogen (secondary N) is 1. The van der Waals surface area contributed by atoms with Gasteiger partial charge < -0.3 is 10.1 Å². The van der Waals surface area contributed by atoms with Crippen LogP contribution in [0.15, 0.2) is 72.6 Å². The zero-order chi connectivity index (χ0) is 21.9. The number of fused-ring (bicyclic) bond motifs is 1. The minimum atomic E-state index is -0.248. The van der Waals surface area contributed by atoms with Gasteiger partial charge in [0.1, 0.15) is 5.75 Å². The summed E-state index contributed by atoms with van der Waals surface area (Å²) in [5, 5.41) is 10.0. The first-order valence-corrected chi connectivity index (χ1v) is 10.8. The van der Waals surface area contributed by atoms with E-state index < -0.39 is 0 Å². The summed E-state index contributed by atoms with van der Waals surface area (Å²) in [5.41, 5.74) is 2.54. The van der Waals surface area contributed by atoms with Gasteiger partial charge in [-0.25, -0.2) is 14.6 Å². The molecule has 5 aromatic rings. The number of ether oxygens (including phenoxy) is 1. The Kier molecular flexibility index (Phi) is 5.30. The molecule has 9 heteroatoms. The summed E-state index contributed by atoms with van der Waals surface area (Å²) in [6, 6.07) is 12.9. The first kappa shape index (κ1) is 19.8. The summed E-state index contributed by atoms with van der Waals surface area (Å²) >= 11 is 1.58. The molecule has 0 aliphatic carbocycles. The van der Waals surface area contributed by atoms with Gasteiger partial charge in [-0.05, 0) is 36.6 Å². The van der Waals surface area contributed by atoms with Crippen LogP contribution in [0.4, 0.5) is 5.69 Å². The summed E-state index contributed by atoms with van der Waals surface area (Å²) in [6.45, 7) is 2.65. The Bertz CT molecular complexity index is 1380. The number of carbonyl (C=O) groups excluding carboxylic acids is 1. The molecule has 0 radical (unpaired) electrons. The summed E-state index contributed by atoms with van der Waals surface area (Å²) in [5.74, 6) is 0.670. The third-order valence-corrected chi connectivity index (χ3v) is 5.67. The number of rotatable bonds is 6. The van der Waals surface area contributed by atoms with Gasteiger partial charge in [0.25, 0.3) is 5.91 Å². The van der Waals surface area contributed by atoms with Gasteiger partial charge in [-0.1, -0.05) is 12.1 Å². The molecule has 158 valence electrons. The van der Waals surface area contributed by atoms with E-state index in [2.05, 4.69) is 20.4 Å². The van der Waals surface area contributed by atoms with E-state index in [-0.39, 0.29) is 5.91 Å². The van der Waals surface area contributed by atoms with E-state index in [4.69, 9.17) is 9.72 Å². The van der Waals surface area contributed by atoms with Gasteiger partial charge in [-0.3, -0.25) is 9.78 Å². The molecule has 4 aromatic heterocycles. The van der Waals surface area contributed by atoms with Gasteiger partial charge >= 0.3 is 0 Å². The number of anilines is 1. The third kappa shape index (κ3) is 3.93. The summed E-state index contributed by atoms with van der Waals surface area (Å²) in [6.07, 6.45) is 6.34. The van der Waals surface area contributed by atoms with Crippen molar-refractivity contribution in [3.8, 4) is 22.2 Å². The van der Waals surface area contributed by atoms with Crippen molar-refractivity contribution in [1.29, 1.82) is 0 Å². The highest BCUT2D eigenvalue weighted by Gasteiger charge is 2.18. The minimum Gasteiger partial charge on any atom is -0.437 e. The number of aromatic nitrogens is 5. The summed E-state index contributed by atoms with van der Waals surface area (Å²) < 4.78 is 7.51. The third-order valence-electron chi connectivity index (χ3n) is 4.78. The zero-order valence-electron chi connectivity index (χ0n) is 17.1. The van der Waals surface area contributed by atoms with Crippen LogP contribution in [0, 0.1) is 0 Å². The van der Waals surface area contributed by atoms with Crippen LogP contribution >= 0.6 is 11.3 Å². The predicted molar refractivity (Wildman–Crippen MR) is 123 cm³/mol. The molecule has 0 spiro atoms. The van der Waals surface area contributed by atoms with Crippen LogP contribution in [0.5, 0.6) is 11.6 Å². The highest BCUT2D eigenvalue weighted by atomic mass is 32.1. The molecule has 8 nitrogen and oxygen atoms in total. The van der Waals surface area contributed by atoms with Crippen molar-refractivity contribution >= 4 is 34.0 Å². The molecule has 1 amide bonds. The van der Waals surface area contributed by atoms with Gasteiger partial charge in [0.15, 0.2) is 5.65 Å². The van der Waals surface area contributed by atoms with E-state index >= 15 is 0 Å². The highest BCUT2D eigenvalue weighted by molar-refractivity contribution is 7.13. The standard InChI is InChI=1S/C23H18N6O2S/c1-2-29-22-18(13-26-29)17(12-19(28-22)20-7-4-10-32-20)23(30)27-15-5-3-6-16(11-15)31-21-14-24-8-9-25-21/h3-14H,2H2,1H3,(H,27,30). The van der Waals surface area contributed by atoms with Crippen molar-refractivity contribution in [3.05, 3.63) is 78.2 Å². The quantitative estimate of drug-likeness (QED) is 0.397. The Morgan fingerprint density at radius 1 is 1.16 bits per heavy atom. The summed E-state index contributed by atoms with van der Waals surface area (Å²) in [4.78, 5) is 27.1. The fourth-order valence-corrected chi connectivity index (χ4v) is 4.00. The van der Waals surface area contributed by atoms with E-state index in [0.717, 1.165) is 10.6 Å². The molecule has 0 bridgehead atoms. The van der Waals surface area contributed by atoms with Crippen LogP contribution in [0.2, 0.25) is 0 Å². The number of benzene rings is 1. The van der Waals surface area contributed by atoms with Crippen LogP contribution in [0.25, 0.3) is 21.6 Å². The number of thiophene rings is 1. The maximum atomic E-state index is 13.3. The van der Waals surface area contributed by atoms with Crippen molar-refractivity contribution in [3.63, 3.8) is 0 Å². The average Bonchev–Trinajstić information content (AvgIpc) is 3.49. The van der Waals surface area contributed by atoms with E-state index in [1.807, 2.05) is 30.5 Å². The number of pyridine rings is 1. The highest BCUT2D eigenvalue weighted by Crippen LogP contribution is 2.29. The molecular formula is C23H18N6O2S. The smallest absolute Gasteiger partial charge is 0.256 e. The Morgan fingerprint density at radius 3 is 2.88 bits per heavy atom. The Hall–Kier alpha value is -4.11. The molecule has 0 fully saturated rings. The number of aryl methyl sites for hydroxylation is 1. The molecule has 1 N–H and O–H groups in total. The fourth-order valence-electron chi connectivity index (χ4n) is 3.31. The first-order valence-electron chi connectivity index (χ1n) is 9.97. The second-order valence-electron chi connectivity index (χ2n) is 6.86. The molecule has 32 heavy (non-hydrogen) atoms. The van der Waals surface area contributed by atoms with Gasteiger partial charge in [-0.15, -0.1) is 11.3 Å². The van der Waals surface area contributed by atoms with Crippen LogP contribution in [0.3, 0.4) is 0 Å². The SMILES string of the molecule is CCn1ncc2c(C(=O)Nc3cccc(Oc4cnccn4)c3)cc(-c3cccs3)nc21. The topological polar surface area (TPSA) is 94.8 Å². The van der Waals surface area contributed by atoms with Gasteiger partial charge in [0.05, 0.1) is 33.9 Å². The minimum absolute atomic E-state index is 0.248. The molecular weight excluding hydrogens is 424 g/mol. The van der Waals surface area contributed by atoms with Crippen LogP contribution in [-0.2, 0) is 6.54 Å². The first-order chi connectivity index (χ1) is 15.7. The lowest BCUT2D eigenvalue weighted by molar-refractivity contribution is 0.102. The lowest BCUT2D eigenvalue weighted by Gasteiger charge is -2.10. The normalized spacial score (nSPS) is 10.9. The van der Waals surface area contributed by atoms with Crippen molar-refractivity contribution in [2.24, 2.45) is 0 Å². The van der Waals surface area contributed by atoms with Gasteiger partial charge in [0.2, 0.25) is 5.88 Å². The van der Waals surface area contributed by atoms with E-state index in [9.17, 15) is 4.79 Å². The lowest BCUT2D eigenvalue weighted by atomic mass is 10.1. The molecule has 0 saturated carbocycles. The van der Waals surface area contributed by atoms with Crippen LogP contribution in [0.1, 0.15) is 17.3 Å². The number of hydrogen-bond donors (Lipinski definition) is 1. The molecule has 1 aromatic carbocycles. The van der Waals surface area contributed by atoms with E-state index in [0.29, 0.717) is 40.5 Å². The zero-order valence-corrected chi connectivity index (χ0v) is 17.9. The lowest BCUT2D eigenvalue weighted by Crippen LogP contribution is -2.13. The monoisotopic (exact) mass is 442 g/mol. The molecule has 0 aliphatic rings. The largest absolute Gasteiger partial charge is 0.437 e. The Morgan fingerprint density at radius 2 is 2.09 bits per heavy atom. The molecule has 0 atom stereocenters. The maximum absolute atomic E-state index is 13.3. The maximum Gasteiger partial charge on any atom is 0.256 e. The van der Waals surface area contributed by atoms with E-state index in [1.54, 1.807) is 58.9 Å². The predicted octanol–water partition coefficient (Wildman–Crippen LogP) is 5.01. The van der Waals surface area contributed by atoms with Gasteiger partial charge in [-0.2, -0.15) is 5.10 Å². The number of amides is 1. The van der Waals surface area contributed by atoms with Crippen molar-refractivity contribution in [1.82, 2.24) is 24.7 Å². The van der Waals surface area contributed by atoms with Crippen LogP contribution < -0.4 is 10.1 Å². The number of nitrogens with zero attached hydrogens (tertiary/aromatic N) is 5. The average molecular weight is 443 g/mol. The van der Waals surface area contributed by atoms with Crippen molar-refractivity contribution in [2.75, 3.05) is 5.32 Å². The molecule has 0 aliphatic heterocycles. The van der Waals surface area contributed by atoms with Crippen molar-refractivity contribution < 1.29 is 9.53 Å². The Balaban J connectivity index is 1.47. The van der Waals surface area contributed by atoms with E-state index in [1.165, 1.54) is 6.20 Å². The Labute approximate surface area is 187 Å². The fraction of sp³-hybridized carbons (Fsp3) is 0.0870. The molecule has 4 heterocycles. The molecule has 0 unspecified atom stereocenters. The molecule has 5 rings (SSSR count). The number of carbonyl (C=O) groups is 1. The van der Waals surface area contributed by atoms with Crippen LogP contribution in [-0.4, -0.2) is 30.6 Å². The number of hydrogen-bond acceptors (Lipinski definition) is 7. The second-order valence-corrected chi connectivity index (χ2v) is 7.81. The molecule has 0 saturated heterocycles. The summed E-state index contributed by atoms with van der Waals surface area (Å²) in [7, 11) is 0. The second kappa shape index (κ2) is 8.56. The van der Waals surface area contributed by atoms with Gasteiger partial charge in [0, 0.05) is 30.7 Å². The van der Waals surface area contributed by atoms with Crippen molar-refractivity contribution in [2.45, 2.75) is 13.5 Å².